The van der Waals surface area contributed by atoms with Crippen LogP contribution >= 0.6 is 0 Å². The number of amides is 1. The van der Waals surface area contributed by atoms with Gasteiger partial charge in [-0.3, -0.25) is 4.79 Å². The van der Waals surface area contributed by atoms with E-state index in [0.717, 1.165) is 0 Å². The number of para-hydroxylation sites is 1. The van der Waals surface area contributed by atoms with Gasteiger partial charge in [0.25, 0.3) is 5.91 Å². The highest BCUT2D eigenvalue weighted by Crippen LogP contribution is 2.26. The third-order valence-electron chi connectivity index (χ3n) is 3.30. The van der Waals surface area contributed by atoms with Crippen LogP contribution in [0.2, 0.25) is 0 Å². The van der Waals surface area contributed by atoms with Crippen molar-refractivity contribution in [3.05, 3.63) is 29.8 Å². The number of hydrogen-bond donors (Lipinski definition) is 1. The molecule has 1 N–H and O–H groups in total. The Hall–Kier alpha value is -1.69. The summed E-state index contributed by atoms with van der Waals surface area (Å²) in [7, 11) is 0. The number of halogens is 2. The molecule has 0 spiro atoms. The topological polar surface area (TPSA) is 49.8 Å². The van der Waals surface area contributed by atoms with Crippen molar-refractivity contribution in [2.45, 2.75) is 32.0 Å². The highest BCUT2D eigenvalue weighted by molar-refractivity contribution is 5.97. The monoisotopic (exact) mass is 285 g/mol. The molecule has 20 heavy (non-hydrogen) atoms. The van der Waals surface area contributed by atoms with Gasteiger partial charge in [-0.15, -0.1) is 0 Å². The average molecular weight is 285 g/mol. The Morgan fingerprint density at radius 1 is 1.45 bits per heavy atom. The molecule has 1 aromatic rings. The Balaban J connectivity index is 2.20. The van der Waals surface area contributed by atoms with E-state index in [1.807, 2.05) is 0 Å². The highest BCUT2D eigenvalue weighted by Gasteiger charge is 2.32. The zero-order valence-electron chi connectivity index (χ0n) is 11.2. The molecule has 0 saturated carbocycles. The van der Waals surface area contributed by atoms with E-state index in [-0.39, 0.29) is 17.9 Å². The summed E-state index contributed by atoms with van der Waals surface area (Å²) in [5.74, 6) is -0.543. The molecule has 0 aliphatic carbocycles. The minimum atomic E-state index is -2.98. The summed E-state index contributed by atoms with van der Waals surface area (Å²) in [5.41, 5.74) is -0.850. The Morgan fingerprint density at radius 3 is 2.80 bits per heavy atom. The van der Waals surface area contributed by atoms with Crippen LogP contribution in [0.15, 0.2) is 24.3 Å². The SMILES string of the molecule is CC1(O)CCCN(C(=O)c2ccccc2OC(F)F)C1. The van der Waals surface area contributed by atoms with Crippen LogP contribution < -0.4 is 4.74 Å². The number of benzene rings is 1. The van der Waals surface area contributed by atoms with Crippen LogP contribution in [0.5, 0.6) is 5.75 Å². The fourth-order valence-electron chi connectivity index (χ4n) is 2.41. The maximum atomic E-state index is 12.4. The fourth-order valence-corrected chi connectivity index (χ4v) is 2.41. The van der Waals surface area contributed by atoms with E-state index in [1.165, 1.54) is 23.1 Å². The van der Waals surface area contributed by atoms with Crippen molar-refractivity contribution in [2.24, 2.45) is 0 Å². The predicted molar refractivity (Wildman–Crippen MR) is 68.8 cm³/mol. The van der Waals surface area contributed by atoms with Gasteiger partial charge in [-0.1, -0.05) is 12.1 Å². The van der Waals surface area contributed by atoms with Gasteiger partial charge in [-0.25, -0.2) is 0 Å². The molecule has 110 valence electrons. The summed E-state index contributed by atoms with van der Waals surface area (Å²) >= 11 is 0. The van der Waals surface area contributed by atoms with Gasteiger partial charge in [0.2, 0.25) is 0 Å². The van der Waals surface area contributed by atoms with Gasteiger partial charge in [0, 0.05) is 13.1 Å². The first-order chi connectivity index (χ1) is 9.39. The van der Waals surface area contributed by atoms with Crippen molar-refractivity contribution < 1.29 is 23.4 Å². The second-order valence-corrected chi connectivity index (χ2v) is 5.20. The van der Waals surface area contributed by atoms with E-state index < -0.39 is 18.1 Å². The van der Waals surface area contributed by atoms with Gasteiger partial charge in [-0.2, -0.15) is 8.78 Å². The van der Waals surface area contributed by atoms with Crippen molar-refractivity contribution in [3.63, 3.8) is 0 Å². The molecule has 1 heterocycles. The number of nitrogens with zero attached hydrogens (tertiary/aromatic N) is 1. The molecule has 6 heteroatoms. The summed E-state index contributed by atoms with van der Waals surface area (Å²) < 4.78 is 29.1. The Kier molecular flexibility index (Phi) is 4.23. The number of carbonyl (C=O) groups excluding carboxylic acids is 1. The molecule has 1 amide bonds. The van der Waals surface area contributed by atoms with Crippen molar-refractivity contribution in [3.8, 4) is 5.75 Å². The summed E-state index contributed by atoms with van der Waals surface area (Å²) in [4.78, 5) is 13.8. The summed E-state index contributed by atoms with van der Waals surface area (Å²) in [6, 6.07) is 5.90. The molecule has 1 atom stereocenters. The zero-order chi connectivity index (χ0) is 14.8. The lowest BCUT2D eigenvalue weighted by Gasteiger charge is -2.37. The molecular weight excluding hydrogens is 268 g/mol. The molecule has 4 nitrogen and oxygen atoms in total. The van der Waals surface area contributed by atoms with Crippen LogP contribution in [0.1, 0.15) is 30.1 Å². The Labute approximate surface area is 116 Å². The van der Waals surface area contributed by atoms with Gasteiger partial charge in [-0.05, 0) is 31.9 Å². The normalized spacial score (nSPS) is 22.9. The van der Waals surface area contributed by atoms with Crippen LogP contribution in [0.3, 0.4) is 0 Å². The second-order valence-electron chi connectivity index (χ2n) is 5.20. The summed E-state index contributed by atoms with van der Waals surface area (Å²) in [6.45, 7) is -0.630. The van der Waals surface area contributed by atoms with E-state index in [0.29, 0.717) is 19.4 Å². The highest BCUT2D eigenvalue weighted by atomic mass is 19.3. The third kappa shape index (κ3) is 3.45. The number of alkyl halides is 2. The minimum Gasteiger partial charge on any atom is -0.434 e. The quantitative estimate of drug-likeness (QED) is 0.927. The number of carbonyl (C=O) groups is 1. The van der Waals surface area contributed by atoms with Gasteiger partial charge < -0.3 is 14.7 Å². The molecule has 1 saturated heterocycles. The van der Waals surface area contributed by atoms with Crippen LogP contribution in [0.4, 0.5) is 8.78 Å². The number of β-amino-alcohol motifs (C(OH)–C–C–N with tert-alkyl or cyclic N) is 1. The maximum Gasteiger partial charge on any atom is 0.387 e. The maximum absolute atomic E-state index is 12.4. The van der Waals surface area contributed by atoms with Gasteiger partial charge >= 0.3 is 6.61 Å². The number of hydrogen-bond acceptors (Lipinski definition) is 3. The lowest BCUT2D eigenvalue weighted by Crippen LogP contribution is -2.48. The van der Waals surface area contributed by atoms with E-state index in [9.17, 15) is 18.7 Å². The molecule has 0 aromatic heterocycles. The zero-order valence-corrected chi connectivity index (χ0v) is 11.2. The van der Waals surface area contributed by atoms with Crippen molar-refractivity contribution in [2.75, 3.05) is 13.1 Å². The van der Waals surface area contributed by atoms with Crippen molar-refractivity contribution in [1.82, 2.24) is 4.90 Å². The van der Waals surface area contributed by atoms with Crippen molar-refractivity contribution in [1.29, 1.82) is 0 Å². The summed E-state index contributed by atoms with van der Waals surface area (Å²) in [5, 5.41) is 10.0. The van der Waals surface area contributed by atoms with Crippen LogP contribution in [0.25, 0.3) is 0 Å². The number of piperidine rings is 1. The van der Waals surface area contributed by atoms with Gasteiger partial charge in [0.1, 0.15) is 5.75 Å². The number of rotatable bonds is 3. The molecule has 0 bridgehead atoms. The standard InChI is InChI=1S/C14H17F2NO3/c1-14(19)7-4-8-17(9-14)12(18)10-5-2-3-6-11(10)20-13(15)16/h2-3,5-6,13,19H,4,7-9H2,1H3. The number of aliphatic hydroxyl groups is 1. The fraction of sp³-hybridized carbons (Fsp3) is 0.500. The molecule has 0 radical (unpaired) electrons. The third-order valence-corrected chi connectivity index (χ3v) is 3.30. The molecule has 1 aliphatic rings. The first-order valence-corrected chi connectivity index (χ1v) is 6.44. The van der Waals surface area contributed by atoms with Crippen LogP contribution in [0, 0.1) is 0 Å². The molecule has 1 aromatic carbocycles. The minimum absolute atomic E-state index is 0.0884. The predicted octanol–water partition coefficient (Wildman–Crippen LogP) is 2.28. The number of likely N-dealkylation sites (tertiary alicyclic amines) is 1. The molecule has 1 fully saturated rings. The van der Waals surface area contributed by atoms with Crippen LogP contribution in [-0.4, -0.2) is 41.2 Å². The van der Waals surface area contributed by atoms with Gasteiger partial charge in [0.15, 0.2) is 0 Å². The van der Waals surface area contributed by atoms with E-state index in [1.54, 1.807) is 13.0 Å². The Bertz CT molecular complexity index is 491. The van der Waals surface area contributed by atoms with Crippen molar-refractivity contribution >= 4 is 5.91 Å². The molecule has 2 rings (SSSR count). The number of ether oxygens (including phenoxy) is 1. The van der Waals surface area contributed by atoms with E-state index in [2.05, 4.69) is 4.74 Å². The Morgan fingerprint density at radius 2 is 2.15 bits per heavy atom. The first kappa shape index (κ1) is 14.7. The summed E-state index contributed by atoms with van der Waals surface area (Å²) in [6.07, 6.45) is 1.29. The molecule has 1 aliphatic heterocycles. The lowest BCUT2D eigenvalue weighted by atomic mass is 9.94. The lowest BCUT2D eigenvalue weighted by molar-refractivity contribution is -0.0506. The molecular formula is C14H17F2NO3. The first-order valence-electron chi connectivity index (χ1n) is 6.44. The van der Waals surface area contributed by atoms with E-state index >= 15 is 0 Å². The largest absolute Gasteiger partial charge is 0.434 e. The van der Waals surface area contributed by atoms with E-state index in [4.69, 9.17) is 0 Å². The average Bonchev–Trinajstić information content (AvgIpc) is 2.36. The smallest absolute Gasteiger partial charge is 0.387 e. The molecule has 1 unspecified atom stereocenters. The van der Waals surface area contributed by atoms with Crippen LogP contribution in [-0.2, 0) is 0 Å². The second kappa shape index (κ2) is 5.75. The van der Waals surface area contributed by atoms with Gasteiger partial charge in [0.05, 0.1) is 11.2 Å².